The van der Waals surface area contributed by atoms with Crippen molar-refractivity contribution in [3.8, 4) is 11.8 Å². The topological polar surface area (TPSA) is 105 Å². The second kappa shape index (κ2) is 9.73. The third-order valence-electron chi connectivity index (χ3n) is 3.35. The van der Waals surface area contributed by atoms with Crippen molar-refractivity contribution in [2.45, 2.75) is 20.0 Å². The highest BCUT2D eigenvalue weighted by Crippen LogP contribution is 2.17. The van der Waals surface area contributed by atoms with Gasteiger partial charge in [-0.15, -0.1) is 0 Å². The van der Waals surface area contributed by atoms with Gasteiger partial charge in [-0.25, -0.2) is 0 Å². The summed E-state index contributed by atoms with van der Waals surface area (Å²) in [6.07, 6.45) is -0.413. The molecule has 7 heteroatoms. The second-order valence-corrected chi connectivity index (χ2v) is 5.69. The molecule has 0 aromatic heterocycles. The van der Waals surface area contributed by atoms with Crippen molar-refractivity contribution in [2.75, 3.05) is 11.9 Å². The number of nitrogens with zero attached hydrogens (tertiary/aromatic N) is 1. The number of hydrogen-bond acceptors (Lipinski definition) is 6. The molecule has 27 heavy (non-hydrogen) atoms. The number of benzene rings is 2. The van der Waals surface area contributed by atoms with Crippen molar-refractivity contribution in [3.05, 3.63) is 59.7 Å². The van der Waals surface area contributed by atoms with Crippen LogP contribution in [-0.2, 0) is 25.7 Å². The molecule has 0 radical (unpaired) electrons. The third kappa shape index (κ3) is 7.00. The molecule has 0 saturated heterocycles. The summed E-state index contributed by atoms with van der Waals surface area (Å²) >= 11 is 0. The molecule has 2 rings (SSSR count). The Morgan fingerprint density at radius 2 is 1.89 bits per heavy atom. The van der Waals surface area contributed by atoms with E-state index in [1.165, 1.54) is 6.92 Å². The lowest BCUT2D eigenvalue weighted by molar-refractivity contribution is -0.147. The fraction of sp³-hybridized carbons (Fsp3) is 0.200. The third-order valence-corrected chi connectivity index (χ3v) is 3.35. The number of anilines is 1. The molecule has 0 fully saturated rings. The molecular formula is C20H18N2O5. The minimum atomic E-state index is -0.669. The lowest BCUT2D eigenvalue weighted by Gasteiger charge is -2.08. The van der Waals surface area contributed by atoms with Crippen LogP contribution in [0.15, 0.2) is 48.5 Å². The average Bonchev–Trinajstić information content (AvgIpc) is 2.65. The van der Waals surface area contributed by atoms with Gasteiger partial charge in [0.15, 0.2) is 5.78 Å². The van der Waals surface area contributed by atoms with E-state index in [-0.39, 0.29) is 19.1 Å². The van der Waals surface area contributed by atoms with Gasteiger partial charge >= 0.3 is 5.97 Å². The lowest BCUT2D eigenvalue weighted by Crippen LogP contribution is -2.17. The van der Waals surface area contributed by atoms with Crippen molar-refractivity contribution in [3.63, 3.8) is 0 Å². The van der Waals surface area contributed by atoms with Crippen LogP contribution in [0, 0.1) is 11.3 Å². The number of carbonyl (C=O) groups is 3. The Morgan fingerprint density at radius 3 is 2.63 bits per heavy atom. The van der Waals surface area contributed by atoms with Gasteiger partial charge in [-0.2, -0.15) is 5.26 Å². The minimum absolute atomic E-state index is 0.0126. The molecule has 0 bridgehead atoms. The fourth-order valence-electron chi connectivity index (χ4n) is 2.19. The normalized spacial score (nSPS) is 9.78. The Labute approximate surface area is 156 Å². The summed E-state index contributed by atoms with van der Waals surface area (Å²) in [6, 6.07) is 15.3. The Balaban J connectivity index is 1.77. The van der Waals surface area contributed by atoms with Crippen LogP contribution in [0.4, 0.5) is 5.69 Å². The number of Topliss-reactive ketones (excluding diaryl/α,β-unsaturated/α-hetero) is 1. The number of nitriles is 1. The average molecular weight is 366 g/mol. The molecule has 0 aliphatic heterocycles. The Morgan fingerprint density at radius 1 is 1.11 bits per heavy atom. The van der Waals surface area contributed by atoms with Crippen LogP contribution in [0.1, 0.15) is 24.5 Å². The van der Waals surface area contributed by atoms with E-state index in [1.807, 2.05) is 6.07 Å². The van der Waals surface area contributed by atoms with E-state index in [1.54, 1.807) is 48.5 Å². The van der Waals surface area contributed by atoms with Crippen LogP contribution < -0.4 is 10.1 Å². The first-order chi connectivity index (χ1) is 13.0. The van der Waals surface area contributed by atoms with Crippen molar-refractivity contribution in [2.24, 2.45) is 0 Å². The monoisotopic (exact) mass is 366 g/mol. The molecule has 2 aromatic carbocycles. The van der Waals surface area contributed by atoms with E-state index in [4.69, 9.17) is 14.7 Å². The Bertz CT molecular complexity index is 886. The van der Waals surface area contributed by atoms with Crippen molar-refractivity contribution in [1.82, 2.24) is 0 Å². The first kappa shape index (κ1) is 19.7. The van der Waals surface area contributed by atoms with Gasteiger partial charge in [0.2, 0.25) is 5.91 Å². The minimum Gasteiger partial charge on any atom is -0.486 e. The lowest BCUT2D eigenvalue weighted by atomic mass is 10.1. The van der Waals surface area contributed by atoms with E-state index < -0.39 is 18.2 Å². The van der Waals surface area contributed by atoms with Crippen LogP contribution >= 0.6 is 0 Å². The number of esters is 1. The zero-order valence-corrected chi connectivity index (χ0v) is 14.7. The van der Waals surface area contributed by atoms with Crippen LogP contribution in [0.25, 0.3) is 0 Å². The molecule has 0 heterocycles. The predicted octanol–water partition coefficient (Wildman–Crippen LogP) is 2.60. The van der Waals surface area contributed by atoms with E-state index >= 15 is 0 Å². The van der Waals surface area contributed by atoms with Crippen molar-refractivity contribution >= 4 is 23.3 Å². The molecule has 138 valence electrons. The SMILES string of the molecule is CC(=O)Nc1cccc(OCC(=O)CC(=O)OCc2cccc(C#N)c2)c1. The van der Waals surface area contributed by atoms with Gasteiger partial charge in [-0.1, -0.05) is 18.2 Å². The maximum atomic E-state index is 11.9. The molecule has 0 saturated carbocycles. The number of hydrogen-bond donors (Lipinski definition) is 1. The van der Waals surface area contributed by atoms with E-state index in [9.17, 15) is 14.4 Å². The van der Waals surface area contributed by atoms with Crippen molar-refractivity contribution in [1.29, 1.82) is 5.26 Å². The summed E-state index contributed by atoms with van der Waals surface area (Å²) in [6.45, 7) is 1.09. The van der Waals surface area contributed by atoms with Gasteiger partial charge in [0.1, 0.15) is 25.4 Å². The highest BCUT2D eigenvalue weighted by Gasteiger charge is 2.12. The summed E-state index contributed by atoms with van der Waals surface area (Å²) in [5.41, 5.74) is 1.68. The number of ketones is 1. The molecule has 0 aliphatic carbocycles. The van der Waals surface area contributed by atoms with E-state index in [0.29, 0.717) is 22.6 Å². The first-order valence-electron chi connectivity index (χ1n) is 8.13. The zero-order valence-electron chi connectivity index (χ0n) is 14.7. The van der Waals surface area contributed by atoms with E-state index in [2.05, 4.69) is 5.32 Å². The Hall–Kier alpha value is -3.66. The molecule has 1 amide bonds. The number of rotatable bonds is 8. The molecule has 0 aliphatic rings. The molecule has 0 unspecified atom stereocenters. The van der Waals surface area contributed by atoms with Crippen LogP contribution in [0.3, 0.4) is 0 Å². The van der Waals surface area contributed by atoms with Gasteiger partial charge in [-0.3, -0.25) is 14.4 Å². The molecular weight excluding hydrogens is 348 g/mol. The smallest absolute Gasteiger partial charge is 0.313 e. The quantitative estimate of drug-likeness (QED) is 0.569. The van der Waals surface area contributed by atoms with Crippen LogP contribution in [0.5, 0.6) is 5.75 Å². The maximum Gasteiger partial charge on any atom is 0.313 e. The first-order valence-corrected chi connectivity index (χ1v) is 8.13. The van der Waals surface area contributed by atoms with Gasteiger partial charge in [-0.05, 0) is 29.8 Å². The zero-order chi connectivity index (χ0) is 19.6. The predicted molar refractivity (Wildman–Crippen MR) is 96.8 cm³/mol. The largest absolute Gasteiger partial charge is 0.486 e. The summed E-state index contributed by atoms with van der Waals surface area (Å²) in [5.74, 6) is -0.920. The Kier molecular flexibility index (Phi) is 7.08. The van der Waals surface area contributed by atoms with Gasteiger partial charge in [0.05, 0.1) is 11.6 Å². The standard InChI is InChI=1S/C20H18N2O5/c1-14(23)22-17-6-3-7-19(9-17)26-13-18(24)10-20(25)27-12-16-5-2-4-15(8-16)11-21/h2-9H,10,12-13H2,1H3,(H,22,23). The van der Waals surface area contributed by atoms with Crippen LogP contribution in [0.2, 0.25) is 0 Å². The van der Waals surface area contributed by atoms with Crippen LogP contribution in [-0.4, -0.2) is 24.3 Å². The fourth-order valence-corrected chi connectivity index (χ4v) is 2.19. The number of nitrogens with one attached hydrogen (secondary N) is 1. The number of amides is 1. The van der Waals surface area contributed by atoms with Gasteiger partial charge in [0.25, 0.3) is 0 Å². The summed E-state index contributed by atoms with van der Waals surface area (Å²) < 4.78 is 10.4. The molecule has 7 nitrogen and oxygen atoms in total. The number of carbonyl (C=O) groups excluding carboxylic acids is 3. The molecule has 1 N–H and O–H groups in total. The van der Waals surface area contributed by atoms with Gasteiger partial charge < -0.3 is 14.8 Å². The summed E-state index contributed by atoms with van der Waals surface area (Å²) in [7, 11) is 0. The number of ether oxygens (including phenoxy) is 2. The summed E-state index contributed by atoms with van der Waals surface area (Å²) in [4.78, 5) is 34.7. The van der Waals surface area contributed by atoms with E-state index in [0.717, 1.165) is 0 Å². The molecule has 0 atom stereocenters. The maximum absolute atomic E-state index is 11.9. The molecule has 2 aromatic rings. The highest BCUT2D eigenvalue weighted by atomic mass is 16.5. The summed E-state index contributed by atoms with van der Waals surface area (Å²) in [5, 5.41) is 11.4. The second-order valence-electron chi connectivity index (χ2n) is 5.69. The van der Waals surface area contributed by atoms with Crippen molar-refractivity contribution < 1.29 is 23.9 Å². The highest BCUT2D eigenvalue weighted by molar-refractivity contribution is 5.96. The van der Waals surface area contributed by atoms with Gasteiger partial charge in [0, 0.05) is 18.7 Å². The molecule has 0 spiro atoms.